The van der Waals surface area contributed by atoms with Gasteiger partial charge in [0.2, 0.25) is 0 Å². The number of hydrogen-bond acceptors (Lipinski definition) is 4. The molecule has 0 aliphatic heterocycles. The van der Waals surface area contributed by atoms with Gasteiger partial charge in [0.25, 0.3) is 0 Å². The molecule has 0 bridgehead atoms. The van der Waals surface area contributed by atoms with Crippen molar-refractivity contribution in [3.8, 4) is 24.4 Å². The van der Waals surface area contributed by atoms with E-state index in [1.54, 1.807) is 6.08 Å². The molecule has 0 amide bonds. The van der Waals surface area contributed by atoms with Crippen molar-refractivity contribution >= 4 is 13.8 Å². The normalized spacial score (nSPS) is 14.6. The summed E-state index contributed by atoms with van der Waals surface area (Å²) in [6.45, 7) is 15.6. The van der Waals surface area contributed by atoms with Crippen molar-refractivity contribution in [3.05, 3.63) is 65.7 Å². The van der Waals surface area contributed by atoms with Gasteiger partial charge in [0.05, 0.1) is 11.7 Å². The van der Waals surface area contributed by atoms with Gasteiger partial charge < -0.3 is 16.0 Å². The zero-order chi connectivity index (χ0) is 28.7. The van der Waals surface area contributed by atoms with Gasteiger partial charge in [-0.3, -0.25) is 9.89 Å². The summed E-state index contributed by atoms with van der Waals surface area (Å²) >= 11 is 0. The van der Waals surface area contributed by atoms with Crippen molar-refractivity contribution in [2.45, 2.75) is 45.2 Å². The summed E-state index contributed by atoms with van der Waals surface area (Å²) in [6.07, 6.45) is 26.8. The number of rotatable bonds is 19. The fraction of sp³-hybridized carbons (Fsp3) is 0.500. The van der Waals surface area contributed by atoms with Crippen molar-refractivity contribution in [2.75, 3.05) is 60.4 Å². The first-order valence-corrected chi connectivity index (χ1v) is 14.8. The fourth-order valence-electron chi connectivity index (χ4n) is 3.52. The molecule has 0 fully saturated rings. The van der Waals surface area contributed by atoms with Crippen LogP contribution in [-0.2, 0) is 0 Å². The SMILES string of the molecule is C#CP(/C=C\CCNC)C(C)(C#C)/C=C\C(=C\CCN/C(CN(CCC)CCNC)=N\C)C(C)=C=CC=C. The molecule has 0 saturated carbocycles. The minimum Gasteiger partial charge on any atom is -0.372 e. The quantitative estimate of drug-likeness (QED) is 0.0401. The molecule has 6 heteroatoms. The van der Waals surface area contributed by atoms with Crippen LogP contribution in [0.5, 0.6) is 0 Å². The maximum atomic E-state index is 6.00. The zero-order valence-corrected chi connectivity index (χ0v) is 25.5. The summed E-state index contributed by atoms with van der Waals surface area (Å²) in [6, 6.07) is 0. The van der Waals surface area contributed by atoms with Crippen LogP contribution in [0.15, 0.2) is 70.7 Å². The largest absolute Gasteiger partial charge is 0.372 e. The lowest BCUT2D eigenvalue weighted by Gasteiger charge is -2.24. The van der Waals surface area contributed by atoms with Crippen molar-refractivity contribution in [1.82, 2.24) is 20.9 Å². The van der Waals surface area contributed by atoms with Crippen LogP contribution >= 0.6 is 7.92 Å². The van der Waals surface area contributed by atoms with Crippen LogP contribution in [0.1, 0.15) is 40.0 Å². The van der Waals surface area contributed by atoms with E-state index in [-0.39, 0.29) is 0 Å². The third-order valence-electron chi connectivity index (χ3n) is 5.88. The van der Waals surface area contributed by atoms with Crippen molar-refractivity contribution < 1.29 is 0 Å². The number of nitrogens with one attached hydrogen (secondary N) is 3. The van der Waals surface area contributed by atoms with E-state index in [1.165, 1.54) is 0 Å². The smallest absolute Gasteiger partial charge is 0.110 e. The van der Waals surface area contributed by atoms with Crippen molar-refractivity contribution in [1.29, 1.82) is 0 Å². The third kappa shape index (κ3) is 15.0. The summed E-state index contributed by atoms with van der Waals surface area (Å²) in [7, 11) is 4.82. The Labute approximate surface area is 235 Å². The minimum absolute atomic E-state index is 0.544. The van der Waals surface area contributed by atoms with Crippen molar-refractivity contribution in [3.63, 3.8) is 0 Å². The van der Waals surface area contributed by atoms with Gasteiger partial charge in [-0.15, -0.1) is 18.6 Å². The Morgan fingerprint density at radius 1 is 1.13 bits per heavy atom. The number of nitrogens with zero attached hydrogens (tertiary/aromatic N) is 2. The van der Waals surface area contributed by atoms with E-state index in [0.717, 1.165) is 75.5 Å². The highest BCUT2D eigenvalue weighted by atomic mass is 31.1. The lowest BCUT2D eigenvalue weighted by Crippen LogP contribution is -2.40. The molecule has 0 heterocycles. The van der Waals surface area contributed by atoms with E-state index in [1.807, 2.05) is 41.1 Å². The molecule has 5 nitrogen and oxygen atoms in total. The number of aliphatic imine (C=N–C) groups is 1. The molecule has 38 heavy (non-hydrogen) atoms. The van der Waals surface area contributed by atoms with Gasteiger partial charge in [-0.25, -0.2) is 0 Å². The summed E-state index contributed by atoms with van der Waals surface area (Å²) in [4.78, 5) is 6.90. The summed E-state index contributed by atoms with van der Waals surface area (Å²) in [5.41, 5.74) is 8.30. The first-order valence-electron chi connectivity index (χ1n) is 13.4. The second kappa shape index (κ2) is 22.4. The van der Waals surface area contributed by atoms with E-state index >= 15 is 0 Å². The van der Waals surface area contributed by atoms with Gasteiger partial charge in [-0.05, 0) is 77.5 Å². The highest BCUT2D eigenvalue weighted by Crippen LogP contribution is 2.50. The average molecular weight is 536 g/mol. The van der Waals surface area contributed by atoms with Gasteiger partial charge in [0.1, 0.15) is 5.84 Å². The first-order chi connectivity index (χ1) is 18.3. The highest BCUT2D eigenvalue weighted by Gasteiger charge is 2.26. The van der Waals surface area contributed by atoms with Crippen LogP contribution in [0.2, 0.25) is 0 Å². The molecule has 0 spiro atoms. The molecular weight excluding hydrogens is 485 g/mol. The Kier molecular flexibility index (Phi) is 20.8. The number of hydrogen-bond donors (Lipinski definition) is 3. The Hall–Kier alpha value is -2.62. The van der Waals surface area contributed by atoms with Gasteiger partial charge >= 0.3 is 0 Å². The van der Waals surface area contributed by atoms with E-state index < -0.39 is 13.1 Å². The van der Waals surface area contributed by atoms with Crippen LogP contribution in [-0.4, -0.2) is 76.3 Å². The lowest BCUT2D eigenvalue weighted by atomic mass is 10.0. The minimum atomic E-state index is -0.947. The zero-order valence-electron chi connectivity index (χ0n) is 24.6. The van der Waals surface area contributed by atoms with E-state index in [9.17, 15) is 0 Å². The lowest BCUT2D eigenvalue weighted by molar-refractivity contribution is 0.310. The monoisotopic (exact) mass is 535 g/mol. The van der Waals surface area contributed by atoms with E-state index in [4.69, 9.17) is 12.8 Å². The molecule has 0 aromatic rings. The molecular formula is C32H50N5P. The van der Waals surface area contributed by atoms with Gasteiger partial charge in [0.15, 0.2) is 0 Å². The second-order valence-electron chi connectivity index (χ2n) is 9.00. The molecule has 2 atom stereocenters. The predicted molar refractivity (Wildman–Crippen MR) is 172 cm³/mol. The van der Waals surface area contributed by atoms with Crippen LogP contribution in [0.3, 0.4) is 0 Å². The molecule has 208 valence electrons. The predicted octanol–water partition coefficient (Wildman–Crippen LogP) is 5.28. The second-order valence-corrected chi connectivity index (χ2v) is 11.2. The molecule has 0 aromatic carbocycles. The van der Waals surface area contributed by atoms with E-state index in [2.05, 4.69) is 86.8 Å². The number of terminal acetylenes is 2. The molecule has 0 aliphatic rings. The molecule has 3 N–H and O–H groups in total. The molecule has 0 rings (SSSR count). The molecule has 2 unspecified atom stereocenters. The Balaban J connectivity index is 5.64. The average Bonchev–Trinajstić information content (AvgIpc) is 2.93. The third-order valence-corrected chi connectivity index (χ3v) is 7.95. The molecule has 0 saturated heterocycles. The van der Waals surface area contributed by atoms with Crippen LogP contribution in [0.25, 0.3) is 0 Å². The Morgan fingerprint density at radius 3 is 2.45 bits per heavy atom. The van der Waals surface area contributed by atoms with Crippen molar-refractivity contribution in [2.24, 2.45) is 4.99 Å². The summed E-state index contributed by atoms with van der Waals surface area (Å²) in [5, 5.41) is 9.34. The first kappa shape index (κ1) is 35.4. The highest BCUT2D eigenvalue weighted by molar-refractivity contribution is 7.68. The summed E-state index contributed by atoms with van der Waals surface area (Å²) in [5.74, 6) is 6.06. The number of allylic oxidation sites excluding steroid dienone is 5. The van der Waals surface area contributed by atoms with Crippen LogP contribution < -0.4 is 16.0 Å². The molecule has 0 aliphatic carbocycles. The van der Waals surface area contributed by atoms with Crippen LogP contribution in [0, 0.1) is 24.4 Å². The van der Waals surface area contributed by atoms with Gasteiger partial charge in [-0.1, -0.05) is 61.3 Å². The van der Waals surface area contributed by atoms with Gasteiger partial charge in [0, 0.05) is 34.6 Å². The Morgan fingerprint density at radius 2 is 1.87 bits per heavy atom. The van der Waals surface area contributed by atoms with E-state index in [0.29, 0.717) is 0 Å². The fourth-order valence-corrected chi connectivity index (χ4v) is 4.92. The Bertz CT molecular complexity index is 953. The number of likely N-dealkylation sites (N-methyl/N-ethyl adjacent to an activating group) is 1. The van der Waals surface area contributed by atoms with Gasteiger partial charge in [-0.2, -0.15) is 0 Å². The maximum absolute atomic E-state index is 6.00. The molecule has 0 radical (unpaired) electrons. The van der Waals surface area contributed by atoms with Crippen LogP contribution in [0.4, 0.5) is 0 Å². The standard InChI is InChI=1S/C32H50N5P/c1-10-14-18-29(5)30(20-21-32(6,12-3)38(13-4)27-16-15-22-33-7)19-17-23-36-31(35-9)28-37(25-11-2)26-24-34-8/h3-4,10,14,16,19-21,27,33-34H,1,11,15,17,22-26,28H2,2,5-9H3,(H,35,36)/b21-20-,27-16-,30-19-. The summed E-state index contributed by atoms with van der Waals surface area (Å²) < 4.78 is 0. The number of amidine groups is 1. The topological polar surface area (TPSA) is 51.7 Å². The molecule has 0 aromatic heterocycles. The maximum Gasteiger partial charge on any atom is 0.110 e.